The molecule has 2 rings (SSSR count). The molecule has 1 N–H and O–H groups in total. The smallest absolute Gasteiger partial charge is 0.218 e. The Balaban J connectivity index is 1.96. The van der Waals surface area contributed by atoms with E-state index in [0.717, 1.165) is 0 Å². The van der Waals surface area contributed by atoms with Crippen LogP contribution in [0.2, 0.25) is 0 Å². The first-order valence-electron chi connectivity index (χ1n) is 6.06. The van der Waals surface area contributed by atoms with E-state index in [4.69, 9.17) is 4.74 Å². The molecule has 0 aliphatic rings. The number of hydrogen-bond donors (Lipinski definition) is 1. The summed E-state index contributed by atoms with van der Waals surface area (Å²) in [6, 6.07) is 8.48. The number of hydrogen-bond acceptors (Lipinski definition) is 4. The summed E-state index contributed by atoms with van der Waals surface area (Å²) in [5.74, 6) is 1.65. The van der Waals surface area contributed by atoms with Gasteiger partial charge >= 0.3 is 0 Å². The lowest BCUT2D eigenvalue weighted by atomic mass is 10.1. The van der Waals surface area contributed by atoms with Crippen LogP contribution in [0.5, 0.6) is 5.88 Å². The second-order valence-electron chi connectivity index (χ2n) is 4.11. The molecule has 4 nitrogen and oxygen atoms in total. The van der Waals surface area contributed by atoms with Gasteiger partial charge in [0, 0.05) is 12.6 Å². The van der Waals surface area contributed by atoms with Crippen LogP contribution < -0.4 is 10.1 Å². The highest BCUT2D eigenvalue weighted by Crippen LogP contribution is 2.13. The summed E-state index contributed by atoms with van der Waals surface area (Å²) >= 11 is 0. The summed E-state index contributed by atoms with van der Waals surface area (Å²) in [4.78, 5) is 8.34. The van der Waals surface area contributed by atoms with E-state index in [0.29, 0.717) is 36.1 Å². The van der Waals surface area contributed by atoms with Crippen molar-refractivity contribution < 1.29 is 9.13 Å². The van der Waals surface area contributed by atoms with Crippen molar-refractivity contribution in [2.24, 2.45) is 0 Å². The van der Waals surface area contributed by atoms with Crippen LogP contribution in [0.3, 0.4) is 0 Å². The lowest BCUT2D eigenvalue weighted by Gasteiger charge is -2.08. The molecule has 0 unspecified atom stereocenters. The second-order valence-corrected chi connectivity index (χ2v) is 4.11. The van der Waals surface area contributed by atoms with E-state index in [1.807, 2.05) is 6.07 Å². The highest BCUT2D eigenvalue weighted by molar-refractivity contribution is 5.38. The van der Waals surface area contributed by atoms with Gasteiger partial charge in [-0.25, -0.2) is 9.37 Å². The van der Waals surface area contributed by atoms with Crippen LogP contribution in [0.15, 0.2) is 30.3 Å². The van der Waals surface area contributed by atoms with Gasteiger partial charge in [0.15, 0.2) is 0 Å². The zero-order valence-corrected chi connectivity index (χ0v) is 11.0. The van der Waals surface area contributed by atoms with Gasteiger partial charge in [-0.3, -0.25) is 0 Å². The largest absolute Gasteiger partial charge is 0.481 e. The Morgan fingerprint density at radius 3 is 2.79 bits per heavy atom. The monoisotopic (exact) mass is 261 g/mol. The highest BCUT2D eigenvalue weighted by atomic mass is 19.1. The van der Waals surface area contributed by atoms with Crippen LogP contribution in [0.1, 0.15) is 11.4 Å². The lowest BCUT2D eigenvalue weighted by Crippen LogP contribution is -2.08. The van der Waals surface area contributed by atoms with Crippen molar-refractivity contribution in [1.29, 1.82) is 0 Å². The number of anilines is 1. The van der Waals surface area contributed by atoms with Crippen molar-refractivity contribution in [3.05, 3.63) is 47.5 Å². The molecule has 1 heterocycles. The van der Waals surface area contributed by atoms with E-state index in [9.17, 15) is 4.39 Å². The number of ether oxygens (including phenoxy) is 1. The standard InChI is InChI=1S/C14H16FN3O/c1-10-17-13(9-14(18-10)19-2)16-8-7-11-5-3-4-6-12(11)15/h3-6,9H,7-8H2,1-2H3,(H,16,17,18). The zero-order valence-electron chi connectivity index (χ0n) is 11.0. The van der Waals surface area contributed by atoms with Crippen LogP contribution in [0, 0.1) is 12.7 Å². The Hall–Kier alpha value is -2.17. The van der Waals surface area contributed by atoms with E-state index in [1.54, 1.807) is 32.2 Å². The van der Waals surface area contributed by atoms with Gasteiger partial charge in [-0.15, -0.1) is 0 Å². The number of rotatable bonds is 5. The van der Waals surface area contributed by atoms with Crippen LogP contribution in [-0.2, 0) is 6.42 Å². The number of aromatic nitrogens is 2. The number of nitrogens with one attached hydrogen (secondary N) is 1. The van der Waals surface area contributed by atoms with Crippen molar-refractivity contribution in [2.45, 2.75) is 13.3 Å². The minimum Gasteiger partial charge on any atom is -0.481 e. The molecule has 0 bridgehead atoms. The topological polar surface area (TPSA) is 47.0 Å². The number of methoxy groups -OCH3 is 1. The minimum atomic E-state index is -0.180. The van der Waals surface area contributed by atoms with Gasteiger partial charge < -0.3 is 10.1 Å². The summed E-state index contributed by atoms with van der Waals surface area (Å²) in [5, 5.41) is 3.14. The number of halogens is 1. The molecule has 2 aromatic rings. The summed E-state index contributed by atoms with van der Waals surface area (Å²) in [6.45, 7) is 2.39. The first-order valence-corrected chi connectivity index (χ1v) is 6.06. The summed E-state index contributed by atoms with van der Waals surface area (Å²) in [6.07, 6.45) is 0.595. The molecule has 0 amide bonds. The molecule has 0 atom stereocenters. The van der Waals surface area contributed by atoms with Gasteiger partial charge in [0.05, 0.1) is 7.11 Å². The van der Waals surface area contributed by atoms with E-state index in [2.05, 4.69) is 15.3 Å². The highest BCUT2D eigenvalue weighted by Gasteiger charge is 2.03. The molecule has 5 heteroatoms. The molecule has 19 heavy (non-hydrogen) atoms. The second kappa shape index (κ2) is 6.13. The first-order chi connectivity index (χ1) is 9.19. The zero-order chi connectivity index (χ0) is 13.7. The molecule has 0 fully saturated rings. The number of aryl methyl sites for hydroxylation is 1. The van der Waals surface area contributed by atoms with Gasteiger partial charge in [-0.2, -0.15) is 4.98 Å². The third kappa shape index (κ3) is 3.64. The number of benzene rings is 1. The van der Waals surface area contributed by atoms with Crippen LogP contribution in [-0.4, -0.2) is 23.6 Å². The van der Waals surface area contributed by atoms with Crippen molar-refractivity contribution >= 4 is 5.82 Å². The van der Waals surface area contributed by atoms with Crippen LogP contribution in [0.25, 0.3) is 0 Å². The Morgan fingerprint density at radius 2 is 2.05 bits per heavy atom. The van der Waals surface area contributed by atoms with E-state index >= 15 is 0 Å². The molecule has 1 aromatic heterocycles. The average Bonchev–Trinajstić information content (AvgIpc) is 2.40. The van der Waals surface area contributed by atoms with Crippen LogP contribution in [0.4, 0.5) is 10.2 Å². The SMILES string of the molecule is COc1cc(NCCc2ccccc2F)nc(C)n1. The van der Waals surface area contributed by atoms with Gasteiger partial charge in [0.1, 0.15) is 17.5 Å². The van der Waals surface area contributed by atoms with Crippen LogP contribution >= 0.6 is 0 Å². The molecular formula is C14H16FN3O. The number of nitrogens with zero attached hydrogens (tertiary/aromatic N) is 2. The van der Waals surface area contributed by atoms with Gasteiger partial charge in [-0.1, -0.05) is 18.2 Å². The maximum absolute atomic E-state index is 13.4. The minimum absolute atomic E-state index is 0.180. The van der Waals surface area contributed by atoms with E-state index in [1.165, 1.54) is 6.07 Å². The molecular weight excluding hydrogens is 245 g/mol. The molecule has 0 spiro atoms. The predicted molar refractivity (Wildman–Crippen MR) is 71.9 cm³/mol. The fourth-order valence-electron chi connectivity index (χ4n) is 1.76. The van der Waals surface area contributed by atoms with Gasteiger partial charge in [0.25, 0.3) is 0 Å². The maximum atomic E-state index is 13.4. The van der Waals surface area contributed by atoms with Crippen molar-refractivity contribution in [1.82, 2.24) is 9.97 Å². The van der Waals surface area contributed by atoms with E-state index in [-0.39, 0.29) is 5.82 Å². The van der Waals surface area contributed by atoms with Gasteiger partial charge in [-0.05, 0) is 25.0 Å². The average molecular weight is 261 g/mol. The Kier molecular flexibility index (Phi) is 4.28. The predicted octanol–water partition coefficient (Wildman–Crippen LogP) is 2.59. The fourth-order valence-corrected chi connectivity index (χ4v) is 1.76. The molecule has 0 aliphatic carbocycles. The Morgan fingerprint density at radius 1 is 1.26 bits per heavy atom. The first kappa shape index (κ1) is 13.3. The lowest BCUT2D eigenvalue weighted by molar-refractivity contribution is 0.396. The molecule has 100 valence electrons. The summed E-state index contributed by atoms with van der Waals surface area (Å²) in [5.41, 5.74) is 0.688. The Bertz CT molecular complexity index is 560. The summed E-state index contributed by atoms with van der Waals surface area (Å²) < 4.78 is 18.5. The molecule has 0 aliphatic heterocycles. The molecule has 0 radical (unpaired) electrons. The molecule has 0 saturated carbocycles. The Labute approximate surface area is 111 Å². The third-order valence-electron chi connectivity index (χ3n) is 2.68. The normalized spacial score (nSPS) is 10.3. The maximum Gasteiger partial charge on any atom is 0.218 e. The van der Waals surface area contributed by atoms with Crippen molar-refractivity contribution in [3.63, 3.8) is 0 Å². The van der Waals surface area contributed by atoms with Crippen molar-refractivity contribution in [2.75, 3.05) is 19.0 Å². The van der Waals surface area contributed by atoms with Crippen molar-refractivity contribution in [3.8, 4) is 5.88 Å². The quantitative estimate of drug-likeness (QED) is 0.898. The molecule has 0 saturated heterocycles. The fraction of sp³-hybridized carbons (Fsp3) is 0.286. The molecule has 1 aromatic carbocycles. The van der Waals surface area contributed by atoms with E-state index < -0.39 is 0 Å². The van der Waals surface area contributed by atoms with Gasteiger partial charge in [0.2, 0.25) is 5.88 Å². The third-order valence-corrected chi connectivity index (χ3v) is 2.68. The summed E-state index contributed by atoms with van der Waals surface area (Å²) in [7, 11) is 1.56.